The van der Waals surface area contributed by atoms with E-state index in [0.29, 0.717) is 6.04 Å². The molecule has 0 aromatic heterocycles. The summed E-state index contributed by atoms with van der Waals surface area (Å²) in [5.74, 6) is 1.76. The van der Waals surface area contributed by atoms with Crippen molar-refractivity contribution in [1.29, 1.82) is 0 Å². The molecule has 1 aromatic rings. The summed E-state index contributed by atoms with van der Waals surface area (Å²) < 4.78 is 5.44. The van der Waals surface area contributed by atoms with Gasteiger partial charge in [-0.15, -0.1) is 0 Å². The standard InChI is InChI=1S/C20H34N4O/c1-17(24(4)19-8-6-5-7-9-19)16-22-20(21-2)23(3)13-10-18-11-14-25-15-12-18/h5-9,17-18H,10-16H2,1-4H3,(H,21,22). The van der Waals surface area contributed by atoms with Crippen LogP contribution in [0.5, 0.6) is 0 Å². The first-order chi connectivity index (χ1) is 12.1. The van der Waals surface area contributed by atoms with Crippen molar-refractivity contribution in [2.24, 2.45) is 10.9 Å². The average Bonchev–Trinajstić information content (AvgIpc) is 2.67. The van der Waals surface area contributed by atoms with E-state index in [1.165, 1.54) is 24.9 Å². The van der Waals surface area contributed by atoms with Crippen molar-refractivity contribution in [1.82, 2.24) is 10.2 Å². The Morgan fingerprint density at radius 2 is 1.92 bits per heavy atom. The normalized spacial score (nSPS) is 17.2. The van der Waals surface area contributed by atoms with E-state index in [1.807, 2.05) is 7.05 Å². The van der Waals surface area contributed by atoms with Crippen LogP contribution in [0.2, 0.25) is 0 Å². The lowest BCUT2D eigenvalue weighted by atomic mass is 9.96. The summed E-state index contributed by atoms with van der Waals surface area (Å²) >= 11 is 0. The van der Waals surface area contributed by atoms with Gasteiger partial charge in [0.05, 0.1) is 0 Å². The zero-order valence-corrected chi connectivity index (χ0v) is 16.2. The molecule has 0 saturated carbocycles. The predicted molar refractivity (Wildman–Crippen MR) is 106 cm³/mol. The monoisotopic (exact) mass is 346 g/mol. The van der Waals surface area contributed by atoms with Gasteiger partial charge in [-0.1, -0.05) is 18.2 Å². The molecule has 25 heavy (non-hydrogen) atoms. The first kappa shape index (κ1) is 19.6. The first-order valence-electron chi connectivity index (χ1n) is 9.39. The van der Waals surface area contributed by atoms with Gasteiger partial charge in [-0.2, -0.15) is 0 Å². The number of benzene rings is 1. The van der Waals surface area contributed by atoms with Crippen LogP contribution in [0.1, 0.15) is 26.2 Å². The Hall–Kier alpha value is -1.75. The van der Waals surface area contributed by atoms with Crippen molar-refractivity contribution in [2.75, 3.05) is 52.3 Å². The second-order valence-electron chi connectivity index (χ2n) is 6.99. The van der Waals surface area contributed by atoms with Crippen LogP contribution in [-0.2, 0) is 4.74 Å². The minimum Gasteiger partial charge on any atom is -0.381 e. The van der Waals surface area contributed by atoms with Crippen LogP contribution in [0, 0.1) is 5.92 Å². The number of likely N-dealkylation sites (N-methyl/N-ethyl adjacent to an activating group) is 1. The molecule has 0 spiro atoms. The summed E-state index contributed by atoms with van der Waals surface area (Å²) in [6, 6.07) is 10.9. The molecule has 140 valence electrons. The van der Waals surface area contributed by atoms with Gasteiger partial charge in [0.2, 0.25) is 0 Å². The fourth-order valence-electron chi connectivity index (χ4n) is 3.20. The second-order valence-corrected chi connectivity index (χ2v) is 6.99. The van der Waals surface area contributed by atoms with Gasteiger partial charge in [-0.05, 0) is 44.2 Å². The van der Waals surface area contributed by atoms with Gasteiger partial charge in [-0.25, -0.2) is 0 Å². The van der Waals surface area contributed by atoms with E-state index >= 15 is 0 Å². The van der Waals surface area contributed by atoms with E-state index in [9.17, 15) is 0 Å². The van der Waals surface area contributed by atoms with Crippen LogP contribution in [0.15, 0.2) is 35.3 Å². The quantitative estimate of drug-likeness (QED) is 0.609. The maximum absolute atomic E-state index is 5.44. The Balaban J connectivity index is 1.76. The molecule has 5 heteroatoms. The molecule has 5 nitrogen and oxygen atoms in total. The molecule has 1 saturated heterocycles. The van der Waals surface area contributed by atoms with Gasteiger partial charge < -0.3 is 19.9 Å². The number of hydrogen-bond donors (Lipinski definition) is 1. The molecule has 1 N–H and O–H groups in total. The molecule has 0 amide bonds. The number of aliphatic imine (C=N–C) groups is 1. The SMILES string of the molecule is CN=C(NCC(C)N(C)c1ccccc1)N(C)CCC1CCOCC1. The first-order valence-corrected chi connectivity index (χ1v) is 9.39. The number of ether oxygens (including phenoxy) is 1. The number of anilines is 1. The van der Waals surface area contributed by atoms with Crippen LogP contribution >= 0.6 is 0 Å². The maximum atomic E-state index is 5.44. The smallest absolute Gasteiger partial charge is 0.193 e. The molecular formula is C20H34N4O. The molecule has 2 rings (SSSR count). The summed E-state index contributed by atoms with van der Waals surface area (Å²) in [7, 11) is 6.12. The summed E-state index contributed by atoms with van der Waals surface area (Å²) in [6.07, 6.45) is 3.59. The van der Waals surface area contributed by atoms with E-state index in [1.54, 1.807) is 0 Å². The second kappa shape index (κ2) is 10.3. The summed E-state index contributed by atoms with van der Waals surface area (Å²) in [6.45, 7) is 5.97. The van der Waals surface area contributed by atoms with E-state index in [2.05, 4.69) is 71.5 Å². The highest BCUT2D eigenvalue weighted by Gasteiger charge is 2.16. The van der Waals surface area contributed by atoms with E-state index in [4.69, 9.17) is 4.74 Å². The molecule has 1 aliphatic heterocycles. The molecule has 1 aliphatic rings. The lowest BCUT2D eigenvalue weighted by molar-refractivity contribution is 0.0625. The van der Waals surface area contributed by atoms with Crippen molar-refractivity contribution in [3.8, 4) is 0 Å². The van der Waals surface area contributed by atoms with Crippen molar-refractivity contribution in [3.05, 3.63) is 30.3 Å². The number of para-hydroxylation sites is 1. The van der Waals surface area contributed by atoms with E-state index < -0.39 is 0 Å². The average molecular weight is 347 g/mol. The lowest BCUT2D eigenvalue weighted by Gasteiger charge is -2.30. The Morgan fingerprint density at radius 1 is 1.24 bits per heavy atom. The van der Waals surface area contributed by atoms with Gasteiger partial charge in [-0.3, -0.25) is 4.99 Å². The lowest BCUT2D eigenvalue weighted by Crippen LogP contribution is -2.46. The minimum atomic E-state index is 0.378. The summed E-state index contributed by atoms with van der Waals surface area (Å²) in [5.41, 5.74) is 1.24. The van der Waals surface area contributed by atoms with Crippen LogP contribution in [0.4, 0.5) is 5.69 Å². The van der Waals surface area contributed by atoms with Gasteiger partial charge in [0, 0.05) is 59.2 Å². The van der Waals surface area contributed by atoms with Crippen molar-refractivity contribution >= 4 is 11.6 Å². The Bertz CT molecular complexity index is 514. The highest BCUT2D eigenvalue weighted by atomic mass is 16.5. The molecule has 1 aromatic carbocycles. The number of nitrogens with zero attached hydrogens (tertiary/aromatic N) is 3. The zero-order chi connectivity index (χ0) is 18.1. The molecule has 1 fully saturated rings. The molecule has 1 unspecified atom stereocenters. The fraction of sp³-hybridized carbons (Fsp3) is 0.650. The predicted octanol–water partition coefficient (Wildman–Crippen LogP) is 2.84. The maximum Gasteiger partial charge on any atom is 0.193 e. The van der Waals surface area contributed by atoms with Gasteiger partial charge >= 0.3 is 0 Å². The minimum absolute atomic E-state index is 0.378. The van der Waals surface area contributed by atoms with Crippen molar-refractivity contribution in [2.45, 2.75) is 32.2 Å². The summed E-state index contributed by atoms with van der Waals surface area (Å²) in [5, 5.41) is 3.52. The van der Waals surface area contributed by atoms with Crippen LogP contribution in [-0.4, -0.2) is 64.3 Å². The van der Waals surface area contributed by atoms with Gasteiger partial charge in [0.15, 0.2) is 5.96 Å². The topological polar surface area (TPSA) is 40.1 Å². The highest BCUT2D eigenvalue weighted by Crippen LogP contribution is 2.18. The fourth-order valence-corrected chi connectivity index (χ4v) is 3.20. The van der Waals surface area contributed by atoms with Crippen LogP contribution in [0.3, 0.4) is 0 Å². The Labute approximate surface area is 153 Å². The number of nitrogens with one attached hydrogen (secondary N) is 1. The number of guanidine groups is 1. The van der Waals surface area contributed by atoms with E-state index in [0.717, 1.165) is 38.2 Å². The molecule has 0 aliphatic carbocycles. The van der Waals surface area contributed by atoms with Crippen molar-refractivity contribution in [3.63, 3.8) is 0 Å². The Kier molecular flexibility index (Phi) is 8.06. The molecule has 1 atom stereocenters. The van der Waals surface area contributed by atoms with Gasteiger partial charge in [0.1, 0.15) is 0 Å². The third-order valence-corrected chi connectivity index (χ3v) is 5.17. The third kappa shape index (κ3) is 6.24. The zero-order valence-electron chi connectivity index (χ0n) is 16.2. The highest BCUT2D eigenvalue weighted by molar-refractivity contribution is 5.79. The van der Waals surface area contributed by atoms with Crippen LogP contribution < -0.4 is 10.2 Å². The third-order valence-electron chi connectivity index (χ3n) is 5.17. The molecule has 0 radical (unpaired) electrons. The van der Waals surface area contributed by atoms with Gasteiger partial charge in [0.25, 0.3) is 0 Å². The molecule has 1 heterocycles. The number of rotatable bonds is 7. The summed E-state index contributed by atoms with van der Waals surface area (Å²) in [4.78, 5) is 8.98. The largest absolute Gasteiger partial charge is 0.381 e. The van der Waals surface area contributed by atoms with E-state index in [-0.39, 0.29) is 0 Å². The molecular weight excluding hydrogens is 312 g/mol. The van der Waals surface area contributed by atoms with Crippen LogP contribution in [0.25, 0.3) is 0 Å². The molecule has 0 bridgehead atoms. The Morgan fingerprint density at radius 3 is 2.56 bits per heavy atom. The number of hydrogen-bond acceptors (Lipinski definition) is 3. The van der Waals surface area contributed by atoms with Crippen molar-refractivity contribution < 1.29 is 4.74 Å².